The van der Waals surface area contributed by atoms with Gasteiger partial charge < -0.3 is 0 Å². The Hall–Kier alpha value is -2.15. The van der Waals surface area contributed by atoms with Gasteiger partial charge in [0.15, 0.2) is 0 Å². The summed E-state index contributed by atoms with van der Waals surface area (Å²) in [6, 6.07) is 15.0. The second-order valence-corrected chi connectivity index (χ2v) is 5.20. The van der Waals surface area contributed by atoms with E-state index in [1.165, 1.54) is 33.0 Å². The number of pyridine rings is 1. The van der Waals surface area contributed by atoms with Crippen LogP contribution in [0.1, 0.15) is 16.7 Å². The fourth-order valence-corrected chi connectivity index (χ4v) is 2.71. The van der Waals surface area contributed by atoms with Gasteiger partial charge in [0.25, 0.3) is 0 Å². The van der Waals surface area contributed by atoms with E-state index in [4.69, 9.17) is 0 Å². The Morgan fingerprint density at radius 1 is 0.842 bits per heavy atom. The highest BCUT2D eigenvalue weighted by Gasteiger charge is 2.08. The Labute approximate surface area is 113 Å². The van der Waals surface area contributed by atoms with Crippen LogP contribution in [0, 0.1) is 20.8 Å². The standard InChI is InChI=1S/C18H17N/c1-12-8-13(2)10-16(9-12)18-14(3)17-7-5-4-6-15(17)11-19-18/h4-11H,1-3H3. The normalized spacial score (nSPS) is 10.9. The summed E-state index contributed by atoms with van der Waals surface area (Å²) in [7, 11) is 0. The fourth-order valence-electron chi connectivity index (χ4n) is 2.71. The number of aromatic nitrogens is 1. The predicted molar refractivity (Wildman–Crippen MR) is 81.4 cm³/mol. The highest BCUT2D eigenvalue weighted by molar-refractivity contribution is 5.89. The Kier molecular flexibility index (Phi) is 2.83. The predicted octanol–water partition coefficient (Wildman–Crippen LogP) is 4.83. The molecule has 2 aromatic carbocycles. The molecule has 0 fully saturated rings. The first-order chi connectivity index (χ1) is 9.15. The van der Waals surface area contributed by atoms with Crippen molar-refractivity contribution in [1.82, 2.24) is 4.98 Å². The molecule has 94 valence electrons. The molecule has 1 heteroatoms. The average Bonchev–Trinajstić information content (AvgIpc) is 2.38. The quantitative estimate of drug-likeness (QED) is 0.600. The number of nitrogens with zero attached hydrogens (tertiary/aromatic N) is 1. The molecular formula is C18H17N. The Morgan fingerprint density at radius 3 is 2.26 bits per heavy atom. The van der Waals surface area contributed by atoms with Crippen LogP contribution < -0.4 is 0 Å². The van der Waals surface area contributed by atoms with Crippen LogP contribution in [0.3, 0.4) is 0 Å². The van der Waals surface area contributed by atoms with Gasteiger partial charge in [-0.25, -0.2) is 0 Å². The van der Waals surface area contributed by atoms with E-state index >= 15 is 0 Å². The molecule has 0 radical (unpaired) electrons. The molecule has 0 bridgehead atoms. The Morgan fingerprint density at radius 2 is 1.53 bits per heavy atom. The van der Waals surface area contributed by atoms with E-state index in [9.17, 15) is 0 Å². The van der Waals surface area contributed by atoms with Crippen molar-refractivity contribution in [2.45, 2.75) is 20.8 Å². The summed E-state index contributed by atoms with van der Waals surface area (Å²) in [4.78, 5) is 4.66. The molecule has 1 aromatic heterocycles. The first-order valence-electron chi connectivity index (χ1n) is 6.58. The maximum Gasteiger partial charge on any atom is 0.0737 e. The number of fused-ring (bicyclic) bond motifs is 1. The molecule has 0 aliphatic carbocycles. The average molecular weight is 247 g/mol. The highest BCUT2D eigenvalue weighted by Crippen LogP contribution is 2.28. The van der Waals surface area contributed by atoms with Gasteiger partial charge in [0, 0.05) is 17.1 Å². The van der Waals surface area contributed by atoms with E-state index in [0.717, 1.165) is 5.69 Å². The van der Waals surface area contributed by atoms with Crippen molar-refractivity contribution in [3.05, 3.63) is 65.4 Å². The van der Waals surface area contributed by atoms with Crippen molar-refractivity contribution >= 4 is 10.8 Å². The van der Waals surface area contributed by atoms with Crippen LogP contribution in [-0.2, 0) is 0 Å². The zero-order chi connectivity index (χ0) is 13.4. The van der Waals surface area contributed by atoms with Gasteiger partial charge in [-0.15, -0.1) is 0 Å². The lowest BCUT2D eigenvalue weighted by molar-refractivity contribution is 1.29. The van der Waals surface area contributed by atoms with Crippen molar-refractivity contribution in [2.24, 2.45) is 0 Å². The summed E-state index contributed by atoms with van der Waals surface area (Å²) in [6.07, 6.45) is 1.97. The van der Waals surface area contributed by atoms with Crippen molar-refractivity contribution in [2.75, 3.05) is 0 Å². The van der Waals surface area contributed by atoms with Crippen LogP contribution in [0.25, 0.3) is 22.0 Å². The molecule has 0 spiro atoms. The summed E-state index contributed by atoms with van der Waals surface area (Å²) in [6.45, 7) is 6.42. The van der Waals surface area contributed by atoms with E-state index in [1.54, 1.807) is 0 Å². The lowest BCUT2D eigenvalue weighted by atomic mass is 9.98. The summed E-state index contributed by atoms with van der Waals surface area (Å²) >= 11 is 0. The van der Waals surface area contributed by atoms with Gasteiger partial charge in [0.2, 0.25) is 0 Å². The SMILES string of the molecule is Cc1cc(C)cc(-c2ncc3ccccc3c2C)c1. The summed E-state index contributed by atoms with van der Waals surface area (Å²) < 4.78 is 0. The third-order valence-electron chi connectivity index (χ3n) is 3.55. The molecule has 0 aliphatic rings. The van der Waals surface area contributed by atoms with Crippen LogP contribution in [0.2, 0.25) is 0 Å². The van der Waals surface area contributed by atoms with Crippen molar-refractivity contribution < 1.29 is 0 Å². The second kappa shape index (κ2) is 4.51. The monoisotopic (exact) mass is 247 g/mol. The molecule has 1 nitrogen and oxygen atoms in total. The highest BCUT2D eigenvalue weighted by atomic mass is 14.7. The Bertz CT molecular complexity index is 736. The maximum absolute atomic E-state index is 4.66. The molecule has 0 unspecified atom stereocenters. The summed E-state index contributed by atoms with van der Waals surface area (Å²) in [5.74, 6) is 0. The van der Waals surface area contributed by atoms with E-state index < -0.39 is 0 Å². The second-order valence-electron chi connectivity index (χ2n) is 5.20. The lowest BCUT2D eigenvalue weighted by Crippen LogP contribution is -1.91. The van der Waals surface area contributed by atoms with Crippen LogP contribution in [0.5, 0.6) is 0 Å². The van der Waals surface area contributed by atoms with Gasteiger partial charge in [0.05, 0.1) is 5.69 Å². The van der Waals surface area contributed by atoms with Gasteiger partial charge in [-0.3, -0.25) is 4.98 Å². The third-order valence-corrected chi connectivity index (χ3v) is 3.55. The van der Waals surface area contributed by atoms with Crippen LogP contribution in [0.4, 0.5) is 0 Å². The van der Waals surface area contributed by atoms with Gasteiger partial charge in [-0.2, -0.15) is 0 Å². The van der Waals surface area contributed by atoms with Gasteiger partial charge in [-0.05, 0) is 43.9 Å². The number of hydrogen-bond donors (Lipinski definition) is 0. The molecule has 3 aromatic rings. The molecule has 19 heavy (non-hydrogen) atoms. The minimum absolute atomic E-state index is 1.09. The van der Waals surface area contributed by atoms with E-state index in [2.05, 4.69) is 68.2 Å². The molecule has 0 atom stereocenters. The smallest absolute Gasteiger partial charge is 0.0737 e. The molecule has 3 rings (SSSR count). The largest absolute Gasteiger partial charge is 0.255 e. The Balaban J connectivity index is 2.28. The first kappa shape index (κ1) is 11.9. The van der Waals surface area contributed by atoms with Crippen molar-refractivity contribution in [3.63, 3.8) is 0 Å². The van der Waals surface area contributed by atoms with Crippen LogP contribution in [0.15, 0.2) is 48.7 Å². The van der Waals surface area contributed by atoms with E-state index in [1.807, 2.05) is 6.20 Å². The molecule has 0 saturated heterocycles. The number of rotatable bonds is 1. The summed E-state index contributed by atoms with van der Waals surface area (Å²) in [5, 5.41) is 2.49. The van der Waals surface area contributed by atoms with Crippen molar-refractivity contribution in [3.8, 4) is 11.3 Å². The maximum atomic E-state index is 4.66. The minimum Gasteiger partial charge on any atom is -0.255 e. The zero-order valence-corrected chi connectivity index (χ0v) is 11.6. The molecule has 0 N–H and O–H groups in total. The van der Waals surface area contributed by atoms with Crippen molar-refractivity contribution in [1.29, 1.82) is 0 Å². The molecule has 1 heterocycles. The van der Waals surface area contributed by atoms with Gasteiger partial charge in [0.1, 0.15) is 0 Å². The zero-order valence-electron chi connectivity index (χ0n) is 11.6. The lowest BCUT2D eigenvalue weighted by Gasteiger charge is -2.10. The fraction of sp³-hybridized carbons (Fsp3) is 0.167. The topological polar surface area (TPSA) is 12.9 Å². The molecule has 0 saturated carbocycles. The van der Waals surface area contributed by atoms with Crippen LogP contribution >= 0.6 is 0 Å². The van der Waals surface area contributed by atoms with E-state index in [-0.39, 0.29) is 0 Å². The van der Waals surface area contributed by atoms with Gasteiger partial charge >= 0.3 is 0 Å². The minimum atomic E-state index is 1.09. The van der Waals surface area contributed by atoms with E-state index in [0.29, 0.717) is 0 Å². The summed E-state index contributed by atoms with van der Waals surface area (Å²) in [5.41, 5.74) is 6.11. The van der Waals surface area contributed by atoms with Gasteiger partial charge in [-0.1, -0.05) is 41.5 Å². The molecule has 0 amide bonds. The molecule has 0 aliphatic heterocycles. The van der Waals surface area contributed by atoms with Crippen LogP contribution in [-0.4, -0.2) is 4.98 Å². The number of benzene rings is 2. The number of hydrogen-bond acceptors (Lipinski definition) is 1. The third kappa shape index (κ3) is 2.12. The first-order valence-corrected chi connectivity index (χ1v) is 6.58. The molecular weight excluding hydrogens is 230 g/mol. The number of aryl methyl sites for hydroxylation is 3.